The summed E-state index contributed by atoms with van der Waals surface area (Å²) in [7, 11) is 1.21. The molecule has 17 nitrogen and oxygen atoms in total. The fraction of sp³-hybridized carbons (Fsp3) is 0.175. The molecule has 0 saturated carbocycles. The van der Waals surface area contributed by atoms with Gasteiger partial charge in [-0.25, -0.2) is 14.8 Å². The Hall–Kier alpha value is -7.69. The highest BCUT2D eigenvalue weighted by molar-refractivity contribution is 5.97. The molecule has 4 aromatic heterocycles. The molecule has 8 bridgehead atoms. The monoisotopic (exact) mass is 769 g/mol. The van der Waals surface area contributed by atoms with Crippen LogP contribution in [-0.2, 0) is 14.3 Å². The lowest BCUT2D eigenvalue weighted by atomic mass is 10.1. The summed E-state index contributed by atoms with van der Waals surface area (Å²) < 4.78 is 4.49. The van der Waals surface area contributed by atoms with Crippen LogP contribution in [0.5, 0.6) is 0 Å². The Morgan fingerprint density at radius 3 is 1.88 bits per heavy atom. The molecule has 8 rings (SSSR count). The summed E-state index contributed by atoms with van der Waals surface area (Å²) in [5.41, 5.74) is 14.3. The molecule has 17 heteroatoms. The molecule has 10 N–H and O–H groups in total. The van der Waals surface area contributed by atoms with Crippen molar-refractivity contribution in [1.82, 2.24) is 35.2 Å². The lowest BCUT2D eigenvalue weighted by Crippen LogP contribution is -2.41. The SMILES string of the molecule is C1=Cc2cc3ccc(cc4nc(cc5ccc(cc1n2)[nH]5)C=C4)[nH]3.COC(=O)CCC(NC(=O)c1ccc(NCC2CNc3nc(N)[nH]c(=O)c3N2)cc1)C(=O)O. The zero-order chi connectivity index (χ0) is 39.9. The molecular formula is C40H39N11O6. The Balaban J connectivity index is 0.000000182. The number of hydrogen-bond acceptors (Lipinski definition) is 12. The Labute approximate surface area is 324 Å². The first kappa shape index (κ1) is 37.6. The summed E-state index contributed by atoms with van der Waals surface area (Å²) in [5.74, 6) is -1.93. The molecule has 3 aliphatic rings. The van der Waals surface area contributed by atoms with E-state index in [1.165, 1.54) is 7.11 Å². The standard InChI is InChI=1S/C20H25N7O6.C20H14N4/c1-33-14(28)7-6-13(19(31)32)25-17(29)10-2-4-11(5-3-10)22-8-12-9-23-16-15(24-12)18(30)27-20(21)26-16;1-2-14-10-16-5-6-18(23-16)12-20-8-7-19(24-20)11-17-4-3-15(22-17)9-13(1)21-14/h2-5,12-13,22,24H,6-9H2,1H3,(H,25,29)(H,31,32)(H4,21,23,26,27,30);1-12,21,24H. The maximum Gasteiger partial charge on any atom is 0.326 e. The highest BCUT2D eigenvalue weighted by Crippen LogP contribution is 2.21. The fourth-order valence-electron chi connectivity index (χ4n) is 6.14. The van der Waals surface area contributed by atoms with Crippen molar-refractivity contribution in [3.63, 3.8) is 0 Å². The highest BCUT2D eigenvalue weighted by atomic mass is 16.5. The summed E-state index contributed by atoms with van der Waals surface area (Å²) in [4.78, 5) is 69.5. The first-order valence-corrected chi connectivity index (χ1v) is 18.0. The molecule has 3 aliphatic heterocycles. The molecule has 0 radical (unpaired) electrons. The number of carbonyl (C=O) groups excluding carboxylic acids is 2. The number of aliphatic carboxylic acids is 1. The number of nitrogens with one attached hydrogen (secondary N) is 7. The van der Waals surface area contributed by atoms with E-state index in [9.17, 15) is 24.3 Å². The van der Waals surface area contributed by atoms with Gasteiger partial charge >= 0.3 is 11.9 Å². The Kier molecular flexibility index (Phi) is 11.1. The number of carboxylic acid groups (broad SMARTS) is 1. The van der Waals surface area contributed by atoms with Crippen LogP contribution < -0.4 is 32.6 Å². The predicted molar refractivity (Wildman–Crippen MR) is 219 cm³/mol. The average Bonchev–Trinajstić information content (AvgIpc) is 4.03. The van der Waals surface area contributed by atoms with Gasteiger partial charge in [0.05, 0.1) is 35.9 Å². The highest BCUT2D eigenvalue weighted by Gasteiger charge is 2.23. The van der Waals surface area contributed by atoms with Gasteiger partial charge in [-0.2, -0.15) is 4.98 Å². The van der Waals surface area contributed by atoms with Gasteiger partial charge < -0.3 is 46.8 Å². The molecule has 1 amide bonds. The molecule has 57 heavy (non-hydrogen) atoms. The average molecular weight is 770 g/mol. The van der Waals surface area contributed by atoms with E-state index in [-0.39, 0.29) is 36.0 Å². The molecule has 0 saturated heterocycles. The molecule has 5 aromatic rings. The van der Waals surface area contributed by atoms with Crippen LogP contribution in [0.3, 0.4) is 0 Å². The van der Waals surface area contributed by atoms with Crippen molar-refractivity contribution in [2.45, 2.75) is 24.9 Å². The Morgan fingerprint density at radius 1 is 0.825 bits per heavy atom. The van der Waals surface area contributed by atoms with E-state index in [1.807, 2.05) is 48.6 Å². The summed E-state index contributed by atoms with van der Waals surface area (Å²) in [5, 5.41) is 21.0. The van der Waals surface area contributed by atoms with Crippen LogP contribution in [-0.4, -0.2) is 85.1 Å². The third-order valence-corrected chi connectivity index (χ3v) is 9.01. The van der Waals surface area contributed by atoms with Gasteiger partial charge in [-0.1, -0.05) is 0 Å². The van der Waals surface area contributed by atoms with Crippen LogP contribution in [0.2, 0.25) is 0 Å². The quantitative estimate of drug-likeness (QED) is 0.0920. The van der Waals surface area contributed by atoms with Gasteiger partial charge in [-0.3, -0.25) is 19.4 Å². The number of rotatable bonds is 9. The van der Waals surface area contributed by atoms with E-state index in [0.29, 0.717) is 24.6 Å². The van der Waals surface area contributed by atoms with Crippen molar-refractivity contribution >= 4 is 87.4 Å². The van der Waals surface area contributed by atoms with Crippen molar-refractivity contribution in [2.24, 2.45) is 0 Å². The number of ether oxygens (including phenoxy) is 1. The van der Waals surface area contributed by atoms with Gasteiger partial charge in [0.1, 0.15) is 11.7 Å². The third-order valence-electron chi connectivity index (χ3n) is 9.01. The van der Waals surface area contributed by atoms with E-state index < -0.39 is 23.9 Å². The largest absolute Gasteiger partial charge is 0.480 e. The van der Waals surface area contributed by atoms with Crippen molar-refractivity contribution < 1.29 is 24.2 Å². The van der Waals surface area contributed by atoms with Crippen molar-refractivity contribution in [3.05, 3.63) is 111 Å². The first-order chi connectivity index (χ1) is 27.6. The minimum absolute atomic E-state index is 0.0342. The molecule has 0 aliphatic carbocycles. The molecule has 2 atom stereocenters. The van der Waals surface area contributed by atoms with E-state index in [2.05, 4.69) is 80.2 Å². The maximum atomic E-state index is 12.4. The number of methoxy groups -OCH3 is 1. The number of H-pyrrole nitrogens is 3. The van der Waals surface area contributed by atoms with E-state index >= 15 is 0 Å². The van der Waals surface area contributed by atoms with Crippen LogP contribution >= 0.6 is 0 Å². The number of carboxylic acids is 1. The minimum atomic E-state index is -1.24. The van der Waals surface area contributed by atoms with E-state index in [0.717, 1.165) is 50.5 Å². The van der Waals surface area contributed by atoms with Crippen LogP contribution in [0.1, 0.15) is 46.0 Å². The minimum Gasteiger partial charge on any atom is -0.480 e. The van der Waals surface area contributed by atoms with Gasteiger partial charge in [0.25, 0.3) is 11.5 Å². The first-order valence-electron chi connectivity index (χ1n) is 18.0. The molecule has 0 spiro atoms. The number of benzene rings is 1. The number of esters is 1. The van der Waals surface area contributed by atoms with Gasteiger partial charge in [0.15, 0.2) is 5.82 Å². The van der Waals surface area contributed by atoms with Crippen LogP contribution in [0.15, 0.2) is 77.6 Å². The van der Waals surface area contributed by atoms with Crippen molar-refractivity contribution in [2.75, 3.05) is 41.9 Å². The maximum absolute atomic E-state index is 12.4. The normalized spacial score (nSPS) is 14.2. The second-order valence-corrected chi connectivity index (χ2v) is 13.2. The molecule has 1 aromatic carbocycles. The van der Waals surface area contributed by atoms with Gasteiger partial charge in [-0.05, 0) is 104 Å². The Bertz CT molecular complexity index is 2430. The predicted octanol–water partition coefficient (Wildman–Crippen LogP) is 4.46. The number of nitrogens with zero attached hydrogens (tertiary/aromatic N) is 3. The number of fused-ring (bicyclic) bond motifs is 9. The number of nitrogen functional groups attached to an aromatic ring is 1. The number of nitrogens with two attached hydrogens (primary N) is 1. The molecule has 7 heterocycles. The van der Waals surface area contributed by atoms with Crippen molar-refractivity contribution in [1.29, 1.82) is 0 Å². The number of hydrogen-bond donors (Lipinski definition) is 9. The van der Waals surface area contributed by atoms with Gasteiger partial charge in [0, 0.05) is 52.8 Å². The lowest BCUT2D eigenvalue weighted by Gasteiger charge is -2.27. The summed E-state index contributed by atoms with van der Waals surface area (Å²) in [6.07, 6.45) is 7.89. The van der Waals surface area contributed by atoms with Gasteiger partial charge in [-0.15, -0.1) is 0 Å². The van der Waals surface area contributed by atoms with E-state index in [1.54, 1.807) is 24.3 Å². The third kappa shape index (κ3) is 9.71. The summed E-state index contributed by atoms with van der Waals surface area (Å²) >= 11 is 0. The van der Waals surface area contributed by atoms with E-state index in [4.69, 9.17) is 5.73 Å². The number of carbonyl (C=O) groups is 3. The smallest absolute Gasteiger partial charge is 0.326 e. The topological polar surface area (TPSA) is 258 Å². The summed E-state index contributed by atoms with van der Waals surface area (Å²) in [6, 6.07) is 21.5. The van der Waals surface area contributed by atoms with Crippen LogP contribution in [0.25, 0.3) is 46.4 Å². The molecular weight excluding hydrogens is 731 g/mol. The number of amides is 1. The Morgan fingerprint density at radius 2 is 1.37 bits per heavy atom. The van der Waals surface area contributed by atoms with Gasteiger partial charge in [0.2, 0.25) is 5.95 Å². The molecule has 2 unspecified atom stereocenters. The van der Waals surface area contributed by atoms with Crippen LogP contribution in [0, 0.1) is 0 Å². The second-order valence-electron chi connectivity index (χ2n) is 13.2. The molecule has 290 valence electrons. The fourth-order valence-corrected chi connectivity index (χ4v) is 6.14. The number of aromatic amines is 3. The summed E-state index contributed by atoms with van der Waals surface area (Å²) in [6.45, 7) is 0.981. The van der Waals surface area contributed by atoms with Crippen LogP contribution in [0.4, 0.5) is 23.1 Å². The number of aromatic nitrogens is 6. The number of anilines is 4. The van der Waals surface area contributed by atoms with Crippen molar-refractivity contribution in [3.8, 4) is 0 Å². The zero-order valence-corrected chi connectivity index (χ0v) is 30.6. The lowest BCUT2D eigenvalue weighted by molar-refractivity contribution is -0.142. The second kappa shape index (κ2) is 16.8. The zero-order valence-electron chi connectivity index (χ0n) is 30.6. The molecule has 0 fully saturated rings.